The van der Waals surface area contributed by atoms with Gasteiger partial charge >= 0.3 is 0 Å². The molecule has 0 spiro atoms. The van der Waals surface area contributed by atoms with Crippen LogP contribution in [0.25, 0.3) is 5.69 Å². The Labute approximate surface area is 171 Å². The molecule has 2 heterocycles. The molecule has 2 aromatic carbocycles. The maximum atomic E-state index is 12.9. The average molecular weight is 397 g/mol. The molecule has 5 nitrogen and oxygen atoms in total. The van der Waals surface area contributed by atoms with Gasteiger partial charge in [0.25, 0.3) is 5.91 Å². The van der Waals surface area contributed by atoms with E-state index in [0.717, 1.165) is 17.1 Å². The summed E-state index contributed by atoms with van der Waals surface area (Å²) < 4.78 is 1.89. The molecule has 1 aliphatic rings. The second kappa shape index (κ2) is 8.17. The second-order valence-electron chi connectivity index (χ2n) is 7.28. The third kappa shape index (κ3) is 3.81. The van der Waals surface area contributed by atoms with Gasteiger partial charge in [0.1, 0.15) is 0 Å². The number of nitrogens with zero attached hydrogens (tertiary/aromatic N) is 3. The molecule has 3 aromatic rings. The number of aromatic nitrogens is 2. The van der Waals surface area contributed by atoms with Gasteiger partial charge in [-0.3, -0.25) is 4.79 Å². The van der Waals surface area contributed by atoms with Crippen molar-refractivity contribution >= 4 is 18.3 Å². The van der Waals surface area contributed by atoms with Crippen molar-refractivity contribution in [2.75, 3.05) is 13.1 Å². The molecule has 0 bridgehead atoms. The van der Waals surface area contributed by atoms with Crippen molar-refractivity contribution in [1.82, 2.24) is 14.7 Å². The molecule has 0 saturated carbocycles. The predicted molar refractivity (Wildman–Crippen MR) is 113 cm³/mol. The molecule has 28 heavy (non-hydrogen) atoms. The minimum Gasteiger partial charge on any atom is -0.336 e. The SMILES string of the molecule is Cc1cc(C)n(-c2ccc(C(=O)N3C[C@@H](N)[C@H](c4ccccc4)C3)cc2)n1.Cl. The number of halogens is 1. The first-order valence-electron chi connectivity index (χ1n) is 9.26. The number of carbonyl (C=O) groups excluding carboxylic acids is 1. The highest BCUT2D eigenvalue weighted by atomic mass is 35.5. The van der Waals surface area contributed by atoms with E-state index in [2.05, 4.69) is 17.2 Å². The topological polar surface area (TPSA) is 64.2 Å². The highest BCUT2D eigenvalue weighted by Crippen LogP contribution is 2.27. The average Bonchev–Trinajstić information content (AvgIpc) is 3.23. The van der Waals surface area contributed by atoms with Gasteiger partial charge in [0, 0.05) is 36.3 Å². The molecule has 1 aromatic heterocycles. The van der Waals surface area contributed by atoms with Gasteiger partial charge in [-0.1, -0.05) is 30.3 Å². The fraction of sp³-hybridized carbons (Fsp3) is 0.273. The molecule has 0 unspecified atom stereocenters. The van der Waals surface area contributed by atoms with Crippen LogP contribution in [0.1, 0.15) is 33.2 Å². The molecule has 0 radical (unpaired) electrons. The third-order valence-electron chi connectivity index (χ3n) is 5.25. The number of likely N-dealkylation sites (tertiary alicyclic amines) is 1. The van der Waals surface area contributed by atoms with Crippen LogP contribution in [0.5, 0.6) is 0 Å². The van der Waals surface area contributed by atoms with Crippen molar-refractivity contribution in [1.29, 1.82) is 0 Å². The molecule has 1 aliphatic heterocycles. The molecule has 1 amide bonds. The summed E-state index contributed by atoms with van der Waals surface area (Å²) in [4.78, 5) is 14.8. The number of carbonyl (C=O) groups is 1. The molecular formula is C22H25ClN4O. The number of rotatable bonds is 3. The Morgan fingerprint density at radius 2 is 1.71 bits per heavy atom. The third-order valence-corrected chi connectivity index (χ3v) is 5.25. The zero-order chi connectivity index (χ0) is 19.0. The Morgan fingerprint density at radius 1 is 1.04 bits per heavy atom. The van der Waals surface area contributed by atoms with Gasteiger partial charge in [0.15, 0.2) is 0 Å². The molecule has 1 fully saturated rings. The van der Waals surface area contributed by atoms with Crippen molar-refractivity contribution in [3.05, 3.63) is 83.2 Å². The number of hydrogen-bond acceptors (Lipinski definition) is 3. The minimum absolute atomic E-state index is 0. The minimum atomic E-state index is -0.0367. The van der Waals surface area contributed by atoms with Crippen LogP contribution in [-0.4, -0.2) is 39.7 Å². The van der Waals surface area contributed by atoms with Crippen LogP contribution in [0.2, 0.25) is 0 Å². The lowest BCUT2D eigenvalue weighted by Crippen LogP contribution is -2.32. The fourth-order valence-electron chi connectivity index (χ4n) is 3.87. The van der Waals surface area contributed by atoms with E-state index >= 15 is 0 Å². The Bertz CT molecular complexity index is 952. The molecule has 146 valence electrons. The number of aryl methyl sites for hydroxylation is 2. The quantitative estimate of drug-likeness (QED) is 0.737. The number of amides is 1. The van der Waals surface area contributed by atoms with Crippen LogP contribution in [0, 0.1) is 13.8 Å². The van der Waals surface area contributed by atoms with Crippen LogP contribution < -0.4 is 5.73 Å². The molecule has 4 rings (SSSR count). The van der Waals surface area contributed by atoms with E-state index in [-0.39, 0.29) is 30.3 Å². The molecule has 6 heteroatoms. The van der Waals surface area contributed by atoms with E-state index in [1.54, 1.807) is 0 Å². The van der Waals surface area contributed by atoms with Gasteiger partial charge in [0.05, 0.1) is 11.4 Å². The Hall–Kier alpha value is -2.63. The fourth-order valence-corrected chi connectivity index (χ4v) is 3.87. The van der Waals surface area contributed by atoms with Gasteiger partial charge in [-0.05, 0) is 49.7 Å². The maximum Gasteiger partial charge on any atom is 0.253 e. The summed E-state index contributed by atoms with van der Waals surface area (Å²) >= 11 is 0. The molecular weight excluding hydrogens is 372 g/mol. The van der Waals surface area contributed by atoms with Gasteiger partial charge in [-0.2, -0.15) is 5.10 Å². The first kappa shape index (κ1) is 20.1. The highest BCUT2D eigenvalue weighted by Gasteiger charge is 2.34. The number of hydrogen-bond donors (Lipinski definition) is 1. The Kier molecular flexibility index (Phi) is 5.87. The summed E-state index contributed by atoms with van der Waals surface area (Å²) in [7, 11) is 0. The number of nitrogens with two attached hydrogens (primary N) is 1. The monoisotopic (exact) mass is 396 g/mol. The summed E-state index contributed by atoms with van der Waals surface area (Å²) in [5, 5.41) is 4.49. The predicted octanol–water partition coefficient (Wildman–Crippen LogP) is 3.48. The molecule has 1 saturated heterocycles. The zero-order valence-corrected chi connectivity index (χ0v) is 16.9. The lowest BCUT2D eigenvalue weighted by Gasteiger charge is -2.17. The lowest BCUT2D eigenvalue weighted by atomic mass is 9.95. The largest absolute Gasteiger partial charge is 0.336 e. The lowest BCUT2D eigenvalue weighted by molar-refractivity contribution is 0.0789. The maximum absolute atomic E-state index is 12.9. The summed E-state index contributed by atoms with van der Waals surface area (Å²) in [6.45, 7) is 5.23. The van der Waals surface area contributed by atoms with Crippen molar-refractivity contribution < 1.29 is 4.79 Å². The molecule has 0 aliphatic carbocycles. The first-order valence-corrected chi connectivity index (χ1v) is 9.26. The summed E-state index contributed by atoms with van der Waals surface area (Å²) in [6, 6.07) is 19.8. The first-order chi connectivity index (χ1) is 13.0. The van der Waals surface area contributed by atoms with E-state index in [4.69, 9.17) is 5.73 Å². The Morgan fingerprint density at radius 3 is 2.32 bits per heavy atom. The normalized spacial score (nSPS) is 18.8. The summed E-state index contributed by atoms with van der Waals surface area (Å²) in [5.74, 6) is 0.216. The van der Waals surface area contributed by atoms with Crippen molar-refractivity contribution in [3.63, 3.8) is 0 Å². The molecule has 2 N–H and O–H groups in total. The van der Waals surface area contributed by atoms with Crippen molar-refractivity contribution in [3.8, 4) is 5.69 Å². The van der Waals surface area contributed by atoms with Crippen LogP contribution in [0.15, 0.2) is 60.7 Å². The van der Waals surface area contributed by atoms with Crippen LogP contribution in [0.3, 0.4) is 0 Å². The van der Waals surface area contributed by atoms with E-state index in [1.165, 1.54) is 5.56 Å². The second-order valence-corrected chi connectivity index (χ2v) is 7.28. The highest BCUT2D eigenvalue weighted by molar-refractivity contribution is 5.94. The van der Waals surface area contributed by atoms with E-state index in [1.807, 2.05) is 72.0 Å². The van der Waals surface area contributed by atoms with Crippen LogP contribution in [0.4, 0.5) is 0 Å². The zero-order valence-electron chi connectivity index (χ0n) is 16.1. The van der Waals surface area contributed by atoms with E-state index in [0.29, 0.717) is 18.7 Å². The molecule has 2 atom stereocenters. The van der Waals surface area contributed by atoms with Crippen molar-refractivity contribution in [2.24, 2.45) is 5.73 Å². The van der Waals surface area contributed by atoms with E-state index < -0.39 is 0 Å². The van der Waals surface area contributed by atoms with Gasteiger partial charge in [-0.15, -0.1) is 12.4 Å². The Balaban J connectivity index is 0.00000225. The van der Waals surface area contributed by atoms with Crippen molar-refractivity contribution in [2.45, 2.75) is 25.8 Å². The van der Waals surface area contributed by atoms with Crippen LogP contribution in [-0.2, 0) is 0 Å². The summed E-state index contributed by atoms with van der Waals surface area (Å²) in [6.07, 6.45) is 0. The van der Waals surface area contributed by atoms with Crippen LogP contribution >= 0.6 is 12.4 Å². The van der Waals surface area contributed by atoms with Gasteiger partial charge in [0.2, 0.25) is 0 Å². The van der Waals surface area contributed by atoms with Gasteiger partial charge < -0.3 is 10.6 Å². The summed E-state index contributed by atoms with van der Waals surface area (Å²) in [5.41, 5.74) is 11.2. The smallest absolute Gasteiger partial charge is 0.253 e. The van der Waals surface area contributed by atoms with E-state index in [9.17, 15) is 4.79 Å². The standard InChI is InChI=1S/C22H24N4O.ClH/c1-15-12-16(2)26(24-15)19-10-8-18(9-11-19)22(27)25-13-20(21(23)14-25)17-6-4-3-5-7-17;/h3-12,20-21H,13-14,23H2,1-2H3;1H/t20-,21+;/m0./s1. The van der Waals surface area contributed by atoms with Gasteiger partial charge in [-0.25, -0.2) is 4.68 Å². The number of benzene rings is 2.